The van der Waals surface area contributed by atoms with Gasteiger partial charge >= 0.3 is 6.03 Å². The van der Waals surface area contributed by atoms with E-state index in [2.05, 4.69) is 40.0 Å². The van der Waals surface area contributed by atoms with Crippen LogP contribution in [0, 0.1) is 0 Å². The van der Waals surface area contributed by atoms with Gasteiger partial charge in [0, 0.05) is 23.2 Å². The zero-order valence-electron chi connectivity index (χ0n) is 16.8. The smallest absolute Gasteiger partial charge is 0.315 e. The first kappa shape index (κ1) is 22.2. The summed E-state index contributed by atoms with van der Waals surface area (Å²) in [7, 11) is 0. The molecule has 0 saturated carbocycles. The Kier molecular flexibility index (Phi) is 8.92. The van der Waals surface area contributed by atoms with Crippen LogP contribution < -0.4 is 10.6 Å². The first-order valence-electron chi connectivity index (χ1n) is 9.31. The van der Waals surface area contributed by atoms with Crippen molar-refractivity contribution in [1.82, 2.24) is 15.6 Å². The number of aliphatic imine (C=N–C) groups is 1. The minimum atomic E-state index is -0.202. The van der Waals surface area contributed by atoms with Gasteiger partial charge in [-0.3, -0.25) is 9.98 Å². The van der Waals surface area contributed by atoms with E-state index < -0.39 is 0 Å². The topological polar surface area (TPSA) is 66.4 Å². The highest BCUT2D eigenvalue weighted by Crippen LogP contribution is 2.40. The number of urea groups is 1. The Labute approximate surface area is 176 Å². The number of carbonyl (C=O) groups is 1. The Hall–Kier alpha value is -3.12. The van der Waals surface area contributed by atoms with Crippen LogP contribution in [-0.2, 0) is 0 Å². The second kappa shape index (κ2) is 11.7. The lowest BCUT2D eigenvalue weighted by molar-refractivity contribution is 0.243. The number of amides is 2. The van der Waals surface area contributed by atoms with Crippen molar-refractivity contribution in [2.45, 2.75) is 18.7 Å². The highest BCUT2D eigenvalue weighted by atomic mass is 32.2. The fraction of sp³-hybridized carbons (Fsp3) is 0.174. The van der Waals surface area contributed by atoms with Crippen LogP contribution in [0.1, 0.15) is 19.4 Å². The third-order valence-electron chi connectivity index (χ3n) is 3.99. The maximum absolute atomic E-state index is 11.7. The van der Waals surface area contributed by atoms with Gasteiger partial charge in [0.25, 0.3) is 0 Å². The van der Waals surface area contributed by atoms with Gasteiger partial charge in [-0.1, -0.05) is 36.9 Å². The van der Waals surface area contributed by atoms with Crippen molar-refractivity contribution in [1.29, 1.82) is 0 Å². The number of hydrogen-bond donors (Lipinski definition) is 2. The van der Waals surface area contributed by atoms with Gasteiger partial charge in [0.2, 0.25) is 0 Å². The number of allylic oxidation sites excluding steroid dienone is 5. The predicted molar refractivity (Wildman–Crippen MR) is 125 cm³/mol. The van der Waals surface area contributed by atoms with Crippen molar-refractivity contribution >= 4 is 35.8 Å². The van der Waals surface area contributed by atoms with Crippen molar-refractivity contribution < 1.29 is 4.79 Å². The summed E-state index contributed by atoms with van der Waals surface area (Å²) in [5.74, 6) is 0.399. The quantitative estimate of drug-likeness (QED) is 0.247. The van der Waals surface area contributed by atoms with Gasteiger partial charge in [0.05, 0.1) is 17.3 Å². The first-order chi connectivity index (χ1) is 14.1. The Balaban J connectivity index is 2.52. The zero-order chi connectivity index (χ0) is 21.1. The van der Waals surface area contributed by atoms with Crippen LogP contribution in [-0.4, -0.2) is 30.2 Å². The van der Waals surface area contributed by atoms with E-state index in [4.69, 9.17) is 0 Å². The molecule has 0 aliphatic carbocycles. The number of carbonyl (C=O) groups excluding carboxylic acids is 1. The highest BCUT2D eigenvalue weighted by molar-refractivity contribution is 7.99. The fourth-order valence-corrected chi connectivity index (χ4v) is 3.58. The Morgan fingerprint density at radius 1 is 1.31 bits per heavy atom. The lowest BCUT2D eigenvalue weighted by Crippen LogP contribution is -2.34. The molecule has 0 fully saturated rings. The fourth-order valence-electron chi connectivity index (χ4n) is 2.64. The van der Waals surface area contributed by atoms with Crippen LogP contribution in [0.4, 0.5) is 10.5 Å². The maximum atomic E-state index is 11.7. The van der Waals surface area contributed by atoms with Gasteiger partial charge in [0.15, 0.2) is 0 Å². The van der Waals surface area contributed by atoms with E-state index in [1.165, 1.54) is 11.8 Å². The van der Waals surface area contributed by atoms with Crippen molar-refractivity contribution in [3.63, 3.8) is 0 Å². The van der Waals surface area contributed by atoms with Gasteiger partial charge in [-0.25, -0.2) is 4.79 Å². The Morgan fingerprint density at radius 2 is 2.14 bits per heavy atom. The largest absolute Gasteiger partial charge is 0.338 e. The highest BCUT2D eigenvalue weighted by Gasteiger charge is 2.15. The van der Waals surface area contributed by atoms with E-state index in [1.54, 1.807) is 6.20 Å². The van der Waals surface area contributed by atoms with Gasteiger partial charge in [-0.05, 0) is 56.0 Å². The number of benzene rings is 1. The second-order valence-corrected chi connectivity index (χ2v) is 6.91. The number of aromatic nitrogens is 1. The summed E-state index contributed by atoms with van der Waals surface area (Å²) >= 11 is 1.49. The molecule has 29 heavy (non-hydrogen) atoms. The third-order valence-corrected chi connectivity index (χ3v) is 4.99. The van der Waals surface area contributed by atoms with E-state index in [1.807, 2.05) is 62.4 Å². The number of nitrogens with one attached hydrogen (secondary N) is 2. The van der Waals surface area contributed by atoms with Crippen molar-refractivity contribution in [2.24, 2.45) is 4.99 Å². The van der Waals surface area contributed by atoms with Gasteiger partial charge in [0.1, 0.15) is 0 Å². The standard InChI is InChI=1S/C23H26N4OS/c1-5-8-11-17(6-2)18-14-19(20-12-9-10-13-26-20)22(21(15-18)24-4)29-16-27-23(28)25-7-3/h5-6,8-15H,2,4,7,16H2,1,3H3,(H2,25,27,28)/b8-5-,17-11+. The van der Waals surface area contributed by atoms with Gasteiger partial charge in [-0.2, -0.15) is 0 Å². The summed E-state index contributed by atoms with van der Waals surface area (Å²) in [5.41, 5.74) is 4.44. The van der Waals surface area contributed by atoms with E-state index in [-0.39, 0.29) is 6.03 Å². The summed E-state index contributed by atoms with van der Waals surface area (Å²) in [6.45, 7) is 12.1. The minimum Gasteiger partial charge on any atom is -0.338 e. The van der Waals surface area contributed by atoms with E-state index in [0.29, 0.717) is 12.4 Å². The molecular formula is C23H26N4OS. The molecule has 2 rings (SSSR count). The molecule has 2 N–H and O–H groups in total. The van der Waals surface area contributed by atoms with Crippen molar-refractivity contribution in [3.8, 4) is 11.3 Å². The molecule has 5 nitrogen and oxygen atoms in total. The Bertz CT molecular complexity index is 920. The van der Waals surface area contributed by atoms with E-state index >= 15 is 0 Å². The molecule has 0 saturated heterocycles. The molecule has 0 radical (unpaired) electrons. The molecule has 1 heterocycles. The van der Waals surface area contributed by atoms with E-state index in [0.717, 1.165) is 33.0 Å². The summed E-state index contributed by atoms with van der Waals surface area (Å²) in [6, 6.07) is 9.63. The molecule has 0 unspecified atom stereocenters. The van der Waals surface area contributed by atoms with Gasteiger partial charge < -0.3 is 10.6 Å². The van der Waals surface area contributed by atoms with Crippen molar-refractivity contribution in [3.05, 3.63) is 73.0 Å². The number of thioether (sulfide) groups is 1. The minimum absolute atomic E-state index is 0.202. The number of rotatable bonds is 9. The zero-order valence-corrected chi connectivity index (χ0v) is 17.6. The maximum Gasteiger partial charge on any atom is 0.315 e. The second-order valence-electron chi connectivity index (χ2n) is 5.92. The molecule has 0 aliphatic rings. The molecule has 1 aromatic carbocycles. The number of hydrogen-bond acceptors (Lipinski definition) is 4. The van der Waals surface area contributed by atoms with Crippen LogP contribution >= 0.6 is 11.8 Å². The third kappa shape index (κ3) is 6.19. The molecule has 0 spiro atoms. The predicted octanol–water partition coefficient (Wildman–Crippen LogP) is 5.59. The monoisotopic (exact) mass is 406 g/mol. The molecule has 0 aliphatic heterocycles. The molecule has 6 heteroatoms. The molecule has 2 amide bonds. The first-order valence-corrected chi connectivity index (χ1v) is 10.3. The number of nitrogens with zero attached hydrogens (tertiary/aromatic N) is 2. The van der Waals surface area contributed by atoms with E-state index in [9.17, 15) is 4.79 Å². The lowest BCUT2D eigenvalue weighted by Gasteiger charge is -2.15. The summed E-state index contributed by atoms with van der Waals surface area (Å²) in [4.78, 5) is 21.4. The van der Waals surface area contributed by atoms with Crippen LogP contribution in [0.5, 0.6) is 0 Å². The summed E-state index contributed by atoms with van der Waals surface area (Å²) in [6.07, 6.45) is 9.51. The molecule has 0 bridgehead atoms. The summed E-state index contributed by atoms with van der Waals surface area (Å²) < 4.78 is 0. The van der Waals surface area contributed by atoms with Crippen molar-refractivity contribution in [2.75, 3.05) is 12.4 Å². The average molecular weight is 407 g/mol. The van der Waals surface area contributed by atoms with Crippen LogP contribution in [0.15, 0.2) is 77.3 Å². The summed E-state index contributed by atoms with van der Waals surface area (Å²) in [5, 5.41) is 5.55. The SMILES string of the molecule is C=C/C(=C\C=C/C)c1cc(N=C)c(SCNC(=O)NCC)c(-c2ccccn2)c1. The molecule has 2 aromatic rings. The normalized spacial score (nSPS) is 11.3. The molecule has 1 aromatic heterocycles. The molecular weight excluding hydrogens is 380 g/mol. The van der Waals surface area contributed by atoms with Crippen LogP contribution in [0.3, 0.4) is 0 Å². The van der Waals surface area contributed by atoms with Gasteiger partial charge in [-0.15, -0.1) is 11.8 Å². The van der Waals surface area contributed by atoms with Crippen LogP contribution in [0.2, 0.25) is 0 Å². The van der Waals surface area contributed by atoms with Crippen LogP contribution in [0.25, 0.3) is 16.8 Å². The number of pyridine rings is 1. The molecule has 0 atom stereocenters. The Morgan fingerprint density at radius 3 is 2.76 bits per heavy atom. The molecule has 150 valence electrons. The average Bonchev–Trinajstić information content (AvgIpc) is 2.75. The lowest BCUT2D eigenvalue weighted by atomic mass is 9.99.